The Kier molecular flexibility index (Phi) is 2.99. The van der Waals surface area contributed by atoms with E-state index in [1.165, 1.54) is 0 Å². The molecule has 0 aromatic carbocycles. The topological polar surface area (TPSA) is 109 Å². The molecule has 104 valence electrons. The van der Waals surface area contributed by atoms with Crippen molar-refractivity contribution in [1.29, 1.82) is 0 Å². The van der Waals surface area contributed by atoms with Crippen molar-refractivity contribution >= 4 is 25.8 Å². The number of sulfone groups is 1. The molecule has 0 bridgehead atoms. The van der Waals surface area contributed by atoms with Crippen molar-refractivity contribution < 1.29 is 26.7 Å². The van der Waals surface area contributed by atoms with Crippen LogP contribution in [0.25, 0.3) is 0 Å². The number of rotatable bonds is 2. The average molecular weight is 297 g/mol. The SMILES string of the molecule is CS(=O)(=O)N1CCC2(C1)C(C(=O)O)CCS2(=O)=O. The Morgan fingerprint density at radius 2 is 2.06 bits per heavy atom. The Morgan fingerprint density at radius 3 is 2.50 bits per heavy atom. The molecule has 1 N–H and O–H groups in total. The maximum Gasteiger partial charge on any atom is 0.308 e. The lowest BCUT2D eigenvalue weighted by Crippen LogP contribution is -2.46. The first-order valence-corrected chi connectivity index (χ1v) is 9.00. The fraction of sp³-hybridized carbons (Fsp3) is 0.889. The molecule has 0 aromatic heterocycles. The fourth-order valence-corrected chi connectivity index (χ4v) is 6.23. The van der Waals surface area contributed by atoms with Crippen molar-refractivity contribution in [1.82, 2.24) is 4.31 Å². The average Bonchev–Trinajstić information content (AvgIpc) is 2.71. The highest BCUT2D eigenvalue weighted by Gasteiger charge is 2.61. The predicted octanol–water partition coefficient (Wildman–Crippen LogP) is -1.09. The van der Waals surface area contributed by atoms with E-state index in [4.69, 9.17) is 5.11 Å². The molecule has 2 atom stereocenters. The van der Waals surface area contributed by atoms with Crippen LogP contribution in [-0.4, -0.2) is 62.1 Å². The van der Waals surface area contributed by atoms with Crippen molar-refractivity contribution in [3.05, 3.63) is 0 Å². The van der Waals surface area contributed by atoms with Crippen molar-refractivity contribution in [3.63, 3.8) is 0 Å². The van der Waals surface area contributed by atoms with Gasteiger partial charge in [0.25, 0.3) is 0 Å². The maximum atomic E-state index is 12.1. The van der Waals surface area contributed by atoms with Crippen LogP contribution in [0.15, 0.2) is 0 Å². The lowest BCUT2D eigenvalue weighted by atomic mass is 9.89. The zero-order valence-corrected chi connectivity index (χ0v) is 11.5. The molecule has 7 nitrogen and oxygen atoms in total. The number of carbonyl (C=O) groups is 1. The highest BCUT2D eigenvalue weighted by molar-refractivity contribution is 7.93. The van der Waals surface area contributed by atoms with Crippen LogP contribution in [0.3, 0.4) is 0 Å². The molecule has 0 aromatic rings. The van der Waals surface area contributed by atoms with E-state index in [9.17, 15) is 21.6 Å². The van der Waals surface area contributed by atoms with Gasteiger partial charge < -0.3 is 5.11 Å². The first-order valence-electron chi connectivity index (χ1n) is 5.50. The summed E-state index contributed by atoms with van der Waals surface area (Å²) >= 11 is 0. The number of aliphatic carboxylic acids is 1. The van der Waals surface area contributed by atoms with E-state index >= 15 is 0 Å². The highest BCUT2D eigenvalue weighted by atomic mass is 32.2. The monoisotopic (exact) mass is 297 g/mol. The number of nitrogens with zero attached hydrogens (tertiary/aromatic N) is 1. The minimum atomic E-state index is -3.56. The molecule has 2 unspecified atom stereocenters. The van der Waals surface area contributed by atoms with Crippen LogP contribution in [0.4, 0.5) is 0 Å². The Labute approximate surface area is 106 Å². The van der Waals surface area contributed by atoms with E-state index in [2.05, 4.69) is 0 Å². The number of carboxylic acid groups (broad SMARTS) is 1. The molecular formula is C9H15NO6S2. The van der Waals surface area contributed by atoms with E-state index in [0.29, 0.717) is 0 Å². The smallest absolute Gasteiger partial charge is 0.308 e. The van der Waals surface area contributed by atoms with Gasteiger partial charge in [-0.25, -0.2) is 21.1 Å². The summed E-state index contributed by atoms with van der Waals surface area (Å²) in [7, 11) is -7.05. The predicted molar refractivity (Wildman–Crippen MR) is 63.3 cm³/mol. The zero-order valence-electron chi connectivity index (χ0n) is 9.87. The Bertz CT molecular complexity index is 580. The quantitative estimate of drug-likeness (QED) is 0.693. The lowest BCUT2D eigenvalue weighted by Gasteiger charge is -2.26. The van der Waals surface area contributed by atoms with Crippen molar-refractivity contribution in [2.45, 2.75) is 17.6 Å². The Hall–Kier alpha value is -0.670. The van der Waals surface area contributed by atoms with E-state index in [1.807, 2.05) is 0 Å². The molecule has 18 heavy (non-hydrogen) atoms. The first kappa shape index (κ1) is 13.8. The van der Waals surface area contributed by atoms with E-state index in [1.54, 1.807) is 0 Å². The van der Waals surface area contributed by atoms with Crippen molar-refractivity contribution in [2.24, 2.45) is 5.92 Å². The minimum absolute atomic E-state index is 0.0648. The molecular weight excluding hydrogens is 282 g/mol. The molecule has 2 fully saturated rings. The minimum Gasteiger partial charge on any atom is -0.481 e. The van der Waals surface area contributed by atoms with E-state index < -0.39 is 36.5 Å². The molecule has 0 amide bonds. The third-order valence-corrected chi connectivity index (χ3v) is 7.80. The van der Waals surface area contributed by atoms with Crippen LogP contribution in [0.2, 0.25) is 0 Å². The van der Waals surface area contributed by atoms with Gasteiger partial charge in [-0.1, -0.05) is 0 Å². The number of sulfonamides is 1. The van der Waals surface area contributed by atoms with Gasteiger partial charge in [0.1, 0.15) is 4.75 Å². The van der Waals surface area contributed by atoms with Crippen LogP contribution in [0, 0.1) is 5.92 Å². The van der Waals surface area contributed by atoms with Crippen LogP contribution in [0.5, 0.6) is 0 Å². The number of carboxylic acids is 1. The summed E-state index contributed by atoms with van der Waals surface area (Å²) in [6, 6.07) is 0. The summed E-state index contributed by atoms with van der Waals surface area (Å²) in [5, 5.41) is 9.13. The molecule has 2 heterocycles. The molecule has 2 rings (SSSR count). The second kappa shape index (κ2) is 3.91. The third-order valence-electron chi connectivity index (χ3n) is 3.93. The van der Waals surface area contributed by atoms with Gasteiger partial charge in [0.2, 0.25) is 10.0 Å². The fourth-order valence-electron chi connectivity index (χ4n) is 2.90. The standard InChI is InChI=1S/C9H15NO6S2/c1-17(13,14)10-4-3-9(6-10)7(8(11)12)2-5-18(9,15)16/h7H,2-6H2,1H3,(H,11,12). The molecule has 0 aliphatic carbocycles. The van der Waals surface area contributed by atoms with Gasteiger partial charge >= 0.3 is 5.97 Å². The molecule has 0 saturated carbocycles. The molecule has 2 aliphatic heterocycles. The van der Waals surface area contributed by atoms with Crippen LogP contribution in [-0.2, 0) is 24.7 Å². The molecule has 2 aliphatic rings. The summed E-state index contributed by atoms with van der Waals surface area (Å²) in [6.45, 7) is -0.160. The lowest BCUT2D eigenvalue weighted by molar-refractivity contribution is -0.142. The molecule has 9 heteroatoms. The van der Waals surface area contributed by atoms with Gasteiger partial charge in [0.05, 0.1) is 17.9 Å². The Balaban J connectivity index is 2.44. The maximum absolute atomic E-state index is 12.1. The summed E-state index contributed by atoms with van der Waals surface area (Å²) in [6.07, 6.45) is 1.14. The molecule has 0 radical (unpaired) electrons. The second-order valence-corrected chi connectivity index (χ2v) is 9.34. The van der Waals surface area contributed by atoms with E-state index in [0.717, 1.165) is 10.6 Å². The van der Waals surface area contributed by atoms with Gasteiger partial charge in [-0.05, 0) is 12.8 Å². The van der Waals surface area contributed by atoms with Gasteiger partial charge in [0.15, 0.2) is 9.84 Å². The zero-order chi connectivity index (χ0) is 13.8. The molecule has 2 saturated heterocycles. The van der Waals surface area contributed by atoms with Gasteiger partial charge in [0, 0.05) is 13.1 Å². The summed E-state index contributed by atoms with van der Waals surface area (Å²) in [4.78, 5) is 11.2. The van der Waals surface area contributed by atoms with Gasteiger partial charge in [-0.2, -0.15) is 0 Å². The second-order valence-electron chi connectivity index (χ2n) is 4.91. The molecule has 1 spiro atoms. The summed E-state index contributed by atoms with van der Waals surface area (Å²) < 4.78 is 46.7. The third kappa shape index (κ3) is 1.84. The normalized spacial score (nSPS) is 36.2. The van der Waals surface area contributed by atoms with Gasteiger partial charge in [-0.15, -0.1) is 0 Å². The van der Waals surface area contributed by atoms with Crippen molar-refractivity contribution in [3.8, 4) is 0 Å². The van der Waals surface area contributed by atoms with E-state index in [-0.39, 0.29) is 31.7 Å². The van der Waals surface area contributed by atoms with Crippen LogP contribution >= 0.6 is 0 Å². The summed E-state index contributed by atoms with van der Waals surface area (Å²) in [5.74, 6) is -2.35. The van der Waals surface area contributed by atoms with Crippen LogP contribution < -0.4 is 0 Å². The van der Waals surface area contributed by atoms with Gasteiger partial charge in [-0.3, -0.25) is 4.79 Å². The largest absolute Gasteiger partial charge is 0.481 e. The van der Waals surface area contributed by atoms with Crippen LogP contribution in [0.1, 0.15) is 12.8 Å². The van der Waals surface area contributed by atoms with Crippen molar-refractivity contribution in [2.75, 3.05) is 25.1 Å². The highest BCUT2D eigenvalue weighted by Crippen LogP contribution is 2.45. The number of hydrogen-bond donors (Lipinski definition) is 1. The Morgan fingerprint density at radius 1 is 1.44 bits per heavy atom. The summed E-state index contributed by atoms with van der Waals surface area (Å²) in [5.41, 5.74) is 0. The first-order chi connectivity index (χ1) is 8.10. The number of hydrogen-bond acceptors (Lipinski definition) is 5.